The Bertz CT molecular complexity index is 667. The monoisotopic (exact) mass is 346 g/mol. The highest BCUT2D eigenvalue weighted by molar-refractivity contribution is 5.73. The Balaban J connectivity index is 1.90. The Labute approximate surface area is 135 Å². The highest BCUT2D eigenvalue weighted by Crippen LogP contribution is 2.41. The molecule has 132 valence electrons. The molecule has 0 radical (unpaired) electrons. The van der Waals surface area contributed by atoms with Gasteiger partial charge in [0.2, 0.25) is 5.60 Å². The van der Waals surface area contributed by atoms with Gasteiger partial charge in [0.25, 0.3) is 0 Å². The molecule has 1 unspecified atom stereocenters. The van der Waals surface area contributed by atoms with E-state index >= 15 is 0 Å². The van der Waals surface area contributed by atoms with Crippen LogP contribution in [-0.4, -0.2) is 23.9 Å². The average Bonchev–Trinajstić information content (AvgIpc) is 3.15. The minimum Gasteiger partial charge on any atom is -0.472 e. The number of carbonyl (C=O) groups is 1. The lowest BCUT2D eigenvalue weighted by Gasteiger charge is -2.28. The Kier molecular flexibility index (Phi) is 5.23. The Morgan fingerprint density at radius 1 is 1.25 bits per heavy atom. The molecule has 0 saturated carbocycles. The lowest BCUT2D eigenvalue weighted by atomic mass is 9.96. The van der Waals surface area contributed by atoms with Gasteiger partial charge in [-0.2, -0.15) is 13.2 Å². The Hall–Kier alpha value is -2.42. The number of aryl methyl sites for hydroxylation is 1. The van der Waals surface area contributed by atoms with Gasteiger partial charge in [-0.15, -0.1) is 0 Å². The second-order valence-corrected chi connectivity index (χ2v) is 5.26. The molecular weight excluding hydrogens is 329 g/mol. The molecule has 2 rings (SSSR count). The molecule has 0 aromatic carbocycles. The lowest BCUT2D eigenvalue weighted by molar-refractivity contribution is -0.274. The third-order valence-corrected chi connectivity index (χ3v) is 3.42. The van der Waals surface area contributed by atoms with Gasteiger partial charge in [-0.25, -0.2) is 4.79 Å². The highest BCUT2D eigenvalue weighted by atomic mass is 19.4. The van der Waals surface area contributed by atoms with Crippen LogP contribution in [0, 0.1) is 6.92 Å². The quantitative estimate of drug-likeness (QED) is 0.751. The van der Waals surface area contributed by atoms with Crippen molar-refractivity contribution >= 4 is 6.03 Å². The molecule has 0 spiro atoms. The predicted octanol–water partition coefficient (Wildman–Crippen LogP) is 2.82. The molecule has 2 aromatic rings. The van der Waals surface area contributed by atoms with Crippen LogP contribution in [0.2, 0.25) is 0 Å². The molecule has 0 aliphatic carbocycles. The first-order valence-corrected chi connectivity index (χ1v) is 7.11. The molecule has 3 N–H and O–H groups in total. The van der Waals surface area contributed by atoms with Crippen molar-refractivity contribution in [2.24, 2.45) is 0 Å². The maximum absolute atomic E-state index is 13.2. The number of amides is 2. The molecular formula is C15H17F3N2O4. The summed E-state index contributed by atoms with van der Waals surface area (Å²) in [6, 6.07) is 3.39. The van der Waals surface area contributed by atoms with Crippen molar-refractivity contribution in [3.63, 3.8) is 0 Å². The average molecular weight is 346 g/mol. The zero-order valence-electron chi connectivity index (χ0n) is 12.8. The van der Waals surface area contributed by atoms with Gasteiger partial charge in [-0.3, -0.25) is 0 Å². The van der Waals surface area contributed by atoms with E-state index in [1.54, 1.807) is 6.07 Å². The summed E-state index contributed by atoms with van der Waals surface area (Å²) in [5.74, 6) is -0.355. The third-order valence-electron chi connectivity index (χ3n) is 3.42. The van der Waals surface area contributed by atoms with Gasteiger partial charge in [-0.05, 0) is 25.1 Å². The minimum atomic E-state index is -4.94. The van der Waals surface area contributed by atoms with E-state index in [9.17, 15) is 23.1 Å². The van der Waals surface area contributed by atoms with Crippen molar-refractivity contribution in [1.82, 2.24) is 10.6 Å². The van der Waals surface area contributed by atoms with Gasteiger partial charge in [0.15, 0.2) is 0 Å². The van der Waals surface area contributed by atoms with E-state index in [2.05, 4.69) is 10.6 Å². The van der Waals surface area contributed by atoms with Crippen LogP contribution >= 0.6 is 0 Å². The molecule has 0 saturated heterocycles. The van der Waals surface area contributed by atoms with Crippen molar-refractivity contribution in [3.8, 4) is 0 Å². The summed E-state index contributed by atoms with van der Waals surface area (Å²) < 4.78 is 49.4. The van der Waals surface area contributed by atoms with Crippen LogP contribution in [0.1, 0.15) is 23.5 Å². The minimum absolute atomic E-state index is 0.170. The first-order valence-electron chi connectivity index (χ1n) is 7.11. The van der Waals surface area contributed by atoms with Crippen molar-refractivity contribution in [2.45, 2.75) is 31.7 Å². The summed E-state index contributed by atoms with van der Waals surface area (Å²) in [4.78, 5) is 11.6. The van der Waals surface area contributed by atoms with E-state index in [4.69, 9.17) is 8.83 Å². The molecule has 24 heavy (non-hydrogen) atoms. The van der Waals surface area contributed by atoms with E-state index in [-0.39, 0.29) is 12.3 Å². The fraction of sp³-hybridized carbons (Fsp3) is 0.400. The number of nitrogens with one attached hydrogen (secondary N) is 2. The highest BCUT2D eigenvalue weighted by Gasteiger charge is 2.56. The van der Waals surface area contributed by atoms with Gasteiger partial charge in [0.1, 0.15) is 11.5 Å². The fourth-order valence-corrected chi connectivity index (χ4v) is 2.06. The van der Waals surface area contributed by atoms with E-state index in [1.165, 1.54) is 25.5 Å². The second kappa shape index (κ2) is 7.00. The van der Waals surface area contributed by atoms with Crippen molar-refractivity contribution in [1.29, 1.82) is 0 Å². The van der Waals surface area contributed by atoms with Crippen molar-refractivity contribution in [2.75, 3.05) is 6.54 Å². The summed E-state index contributed by atoms with van der Waals surface area (Å²) in [5.41, 5.74) is -2.46. The van der Waals surface area contributed by atoms with Crippen molar-refractivity contribution < 1.29 is 31.9 Å². The molecule has 2 heterocycles. The first-order chi connectivity index (χ1) is 11.2. The molecule has 0 fully saturated rings. The Morgan fingerprint density at radius 2 is 2.00 bits per heavy atom. The largest absolute Gasteiger partial charge is 0.472 e. The Morgan fingerprint density at radius 3 is 2.54 bits per heavy atom. The van der Waals surface area contributed by atoms with Crippen molar-refractivity contribution in [3.05, 3.63) is 47.8 Å². The van der Waals surface area contributed by atoms with Crippen LogP contribution in [0.15, 0.2) is 39.6 Å². The molecule has 0 aliphatic rings. The number of urea groups is 1. The van der Waals surface area contributed by atoms with Crippen LogP contribution in [0.3, 0.4) is 0 Å². The topological polar surface area (TPSA) is 87.6 Å². The molecule has 2 aromatic heterocycles. The number of halogens is 3. The number of alkyl halides is 3. The number of aliphatic hydroxyl groups is 1. The van der Waals surface area contributed by atoms with Gasteiger partial charge in [0.05, 0.1) is 12.5 Å². The standard InChI is InChI=1S/C15H17F3N2O4/c1-10-2-3-12(24-10)14(22,15(16,17)18)5-6-19-13(21)20-8-11-4-7-23-9-11/h2-4,7,9,22H,5-6,8H2,1H3,(H2,19,20,21). The summed E-state index contributed by atoms with van der Waals surface area (Å²) in [7, 11) is 0. The number of hydrogen-bond acceptors (Lipinski definition) is 4. The number of carbonyl (C=O) groups excluding carboxylic acids is 1. The van der Waals surface area contributed by atoms with Crippen LogP contribution in [0.25, 0.3) is 0 Å². The molecule has 1 atom stereocenters. The van der Waals surface area contributed by atoms with Crippen LogP contribution in [0.5, 0.6) is 0 Å². The van der Waals surface area contributed by atoms with E-state index in [1.807, 2.05) is 0 Å². The van der Waals surface area contributed by atoms with Crippen LogP contribution in [-0.2, 0) is 12.1 Å². The number of rotatable bonds is 6. The van der Waals surface area contributed by atoms with E-state index < -0.39 is 36.5 Å². The molecule has 0 bridgehead atoms. The molecule has 2 amide bonds. The molecule has 0 aliphatic heterocycles. The van der Waals surface area contributed by atoms with E-state index in [0.29, 0.717) is 5.56 Å². The smallest absolute Gasteiger partial charge is 0.424 e. The summed E-state index contributed by atoms with van der Waals surface area (Å²) >= 11 is 0. The summed E-state index contributed by atoms with van der Waals surface area (Å²) in [6.07, 6.45) is -2.85. The van der Waals surface area contributed by atoms with Gasteiger partial charge < -0.3 is 24.6 Å². The van der Waals surface area contributed by atoms with Gasteiger partial charge in [0, 0.05) is 25.1 Å². The number of hydrogen-bond donors (Lipinski definition) is 3. The lowest BCUT2D eigenvalue weighted by Crippen LogP contribution is -2.45. The maximum Gasteiger partial charge on any atom is 0.424 e. The first kappa shape index (κ1) is 17.9. The van der Waals surface area contributed by atoms with Gasteiger partial charge in [-0.1, -0.05) is 0 Å². The van der Waals surface area contributed by atoms with E-state index in [0.717, 1.165) is 6.07 Å². The predicted molar refractivity (Wildman–Crippen MR) is 77.0 cm³/mol. The summed E-state index contributed by atoms with van der Waals surface area (Å²) in [6.45, 7) is 1.25. The molecule has 9 heteroatoms. The summed E-state index contributed by atoms with van der Waals surface area (Å²) in [5, 5.41) is 14.7. The zero-order valence-corrected chi connectivity index (χ0v) is 12.8. The maximum atomic E-state index is 13.2. The van der Waals surface area contributed by atoms with Crippen LogP contribution in [0.4, 0.5) is 18.0 Å². The van der Waals surface area contributed by atoms with Crippen LogP contribution < -0.4 is 10.6 Å². The zero-order chi connectivity index (χ0) is 17.8. The molecule has 6 nitrogen and oxygen atoms in total. The SMILES string of the molecule is Cc1ccc(C(O)(CCNC(=O)NCc2ccoc2)C(F)(F)F)o1. The number of furan rings is 2. The normalized spacial score (nSPS) is 14.2. The fourth-order valence-electron chi connectivity index (χ4n) is 2.06. The third kappa shape index (κ3) is 4.10. The van der Waals surface area contributed by atoms with Gasteiger partial charge >= 0.3 is 12.2 Å². The second-order valence-electron chi connectivity index (χ2n) is 5.26.